The van der Waals surface area contributed by atoms with E-state index in [-0.39, 0.29) is 0 Å². The van der Waals surface area contributed by atoms with E-state index in [0.29, 0.717) is 6.42 Å². The van der Waals surface area contributed by atoms with Crippen LogP contribution in [-0.2, 0) is 9.53 Å². The summed E-state index contributed by atoms with van der Waals surface area (Å²) in [5.41, 5.74) is 3.99. The third kappa shape index (κ3) is 9.48. The Kier molecular flexibility index (Phi) is 8.79. The van der Waals surface area contributed by atoms with Crippen molar-refractivity contribution in [1.82, 2.24) is 0 Å². The van der Waals surface area contributed by atoms with E-state index in [1.54, 1.807) is 20.8 Å². The molecule has 0 aliphatic carbocycles. The predicted octanol–water partition coefficient (Wildman–Crippen LogP) is 1.06. The van der Waals surface area contributed by atoms with E-state index >= 15 is 0 Å². The second-order valence-corrected chi connectivity index (χ2v) is 3.84. The molecule has 0 aliphatic rings. The summed E-state index contributed by atoms with van der Waals surface area (Å²) >= 11 is 0. The molecule has 0 spiro atoms. The maximum absolute atomic E-state index is 11.1. The van der Waals surface area contributed by atoms with Crippen molar-refractivity contribution in [1.29, 1.82) is 0 Å². The lowest BCUT2D eigenvalue weighted by Gasteiger charge is -2.21. The molecule has 4 heteroatoms. The van der Waals surface area contributed by atoms with Gasteiger partial charge in [0.2, 0.25) is 0 Å². The van der Waals surface area contributed by atoms with Crippen LogP contribution in [0.15, 0.2) is 0 Å². The Morgan fingerprint density at radius 3 is 2.14 bits per heavy atom. The number of rotatable bonds is 3. The van der Waals surface area contributed by atoms with Crippen molar-refractivity contribution in [3.8, 4) is 0 Å². The molecule has 0 saturated carbocycles. The van der Waals surface area contributed by atoms with Crippen LogP contribution in [0.3, 0.4) is 0 Å². The van der Waals surface area contributed by atoms with E-state index in [9.17, 15) is 9.90 Å². The minimum Gasteiger partial charge on any atom is -0.458 e. The number of nitrogens with two attached hydrogens (primary N) is 1. The zero-order valence-electron chi connectivity index (χ0n) is 9.83. The fourth-order valence-electron chi connectivity index (χ4n) is 0.761. The van der Waals surface area contributed by atoms with Gasteiger partial charge in [-0.05, 0) is 34.2 Å². The first-order chi connectivity index (χ1) is 6.37. The number of hydrogen-bond acceptors (Lipinski definition) is 4. The molecule has 0 bridgehead atoms. The fourth-order valence-corrected chi connectivity index (χ4v) is 0.761. The van der Waals surface area contributed by atoms with E-state index in [4.69, 9.17) is 4.74 Å². The van der Waals surface area contributed by atoms with Gasteiger partial charge in [-0.2, -0.15) is 0 Å². The van der Waals surface area contributed by atoms with Crippen LogP contribution in [0.2, 0.25) is 0 Å². The van der Waals surface area contributed by atoms with Crippen molar-refractivity contribution in [2.24, 2.45) is 5.73 Å². The molecule has 86 valence electrons. The Hall–Kier alpha value is -0.610. The maximum atomic E-state index is 11.1. The average Bonchev–Trinajstić information content (AvgIpc) is 2.05. The summed E-state index contributed by atoms with van der Waals surface area (Å²) in [6.07, 6.45) is 0.282. The van der Waals surface area contributed by atoms with E-state index in [0.717, 1.165) is 6.42 Å². The second-order valence-electron chi connectivity index (χ2n) is 3.84. The van der Waals surface area contributed by atoms with Gasteiger partial charge >= 0.3 is 5.97 Å². The number of ether oxygens (including phenoxy) is 1. The summed E-state index contributed by atoms with van der Waals surface area (Å²) in [5.74, 6) is -0.524. The monoisotopic (exact) mass is 205 g/mol. The number of carbonyl (C=O) groups is 1. The molecule has 14 heavy (non-hydrogen) atoms. The highest BCUT2D eigenvalue weighted by molar-refractivity contribution is 5.74. The zero-order chi connectivity index (χ0) is 11.8. The van der Waals surface area contributed by atoms with E-state index < -0.39 is 17.7 Å². The van der Waals surface area contributed by atoms with Crippen molar-refractivity contribution < 1.29 is 14.6 Å². The van der Waals surface area contributed by atoms with Gasteiger partial charge in [-0.1, -0.05) is 13.3 Å². The fraction of sp³-hybridized carbons (Fsp3) is 0.900. The number of hydrogen-bond donors (Lipinski definition) is 2. The lowest BCUT2D eigenvalue weighted by atomic mass is 10.1. The van der Waals surface area contributed by atoms with Crippen molar-refractivity contribution in [2.75, 3.05) is 7.05 Å². The average molecular weight is 205 g/mol. The molecule has 1 unspecified atom stereocenters. The van der Waals surface area contributed by atoms with Crippen molar-refractivity contribution in [2.45, 2.75) is 52.2 Å². The molecular weight excluding hydrogens is 182 g/mol. The van der Waals surface area contributed by atoms with Gasteiger partial charge < -0.3 is 15.6 Å². The highest BCUT2D eigenvalue weighted by Gasteiger charge is 2.21. The topological polar surface area (TPSA) is 72.5 Å². The Labute approximate surface area is 86.4 Å². The van der Waals surface area contributed by atoms with Crippen LogP contribution >= 0.6 is 0 Å². The standard InChI is InChI=1S/C9H18O3.CH5N/c1-5-6-7(10)8(11)12-9(2,3)4;1-2/h7,10H,5-6H2,1-4H3;2H2,1H3. The summed E-state index contributed by atoms with van der Waals surface area (Å²) in [4.78, 5) is 11.1. The van der Waals surface area contributed by atoms with Gasteiger partial charge in [0.1, 0.15) is 5.60 Å². The van der Waals surface area contributed by atoms with Gasteiger partial charge in [-0.15, -0.1) is 0 Å². The molecular formula is C10H23NO3. The zero-order valence-corrected chi connectivity index (χ0v) is 9.83. The molecule has 0 rings (SSSR count). The van der Waals surface area contributed by atoms with Crippen molar-refractivity contribution in [3.05, 3.63) is 0 Å². The van der Waals surface area contributed by atoms with Crippen LogP contribution in [-0.4, -0.2) is 29.8 Å². The second kappa shape index (κ2) is 7.76. The quantitative estimate of drug-likeness (QED) is 0.676. The molecule has 0 aromatic heterocycles. The highest BCUT2D eigenvalue weighted by atomic mass is 16.6. The molecule has 0 aliphatic heterocycles. The molecule has 0 aromatic rings. The highest BCUT2D eigenvalue weighted by Crippen LogP contribution is 2.10. The third-order valence-electron chi connectivity index (χ3n) is 1.24. The largest absolute Gasteiger partial charge is 0.458 e. The van der Waals surface area contributed by atoms with E-state index in [1.165, 1.54) is 7.05 Å². The number of carbonyl (C=O) groups excluding carboxylic acids is 1. The SMILES string of the molecule is CCCC(O)C(=O)OC(C)(C)C.CN. The minimum absolute atomic E-state index is 0.467. The summed E-state index contributed by atoms with van der Waals surface area (Å²) in [7, 11) is 1.50. The molecule has 3 N–H and O–H groups in total. The number of aliphatic hydroxyl groups is 1. The van der Waals surface area contributed by atoms with Crippen LogP contribution in [0.1, 0.15) is 40.5 Å². The molecule has 0 radical (unpaired) electrons. The normalized spacial score (nSPS) is 12.5. The van der Waals surface area contributed by atoms with Crippen LogP contribution in [0, 0.1) is 0 Å². The van der Waals surface area contributed by atoms with Gasteiger partial charge in [0, 0.05) is 0 Å². The lowest BCUT2D eigenvalue weighted by molar-refractivity contribution is -0.165. The molecule has 4 nitrogen and oxygen atoms in total. The lowest BCUT2D eigenvalue weighted by Crippen LogP contribution is -2.31. The summed E-state index contributed by atoms with van der Waals surface area (Å²) in [5, 5.41) is 9.21. The predicted molar refractivity (Wildman–Crippen MR) is 56.9 cm³/mol. The van der Waals surface area contributed by atoms with Gasteiger partial charge in [0.15, 0.2) is 6.10 Å². The molecule has 0 fully saturated rings. The molecule has 0 amide bonds. The third-order valence-corrected chi connectivity index (χ3v) is 1.24. The van der Waals surface area contributed by atoms with E-state index in [2.05, 4.69) is 5.73 Å². The first kappa shape index (κ1) is 15.8. The van der Waals surface area contributed by atoms with Gasteiger partial charge in [-0.3, -0.25) is 0 Å². The molecule has 1 atom stereocenters. The van der Waals surface area contributed by atoms with Crippen LogP contribution in [0.5, 0.6) is 0 Å². The Morgan fingerprint density at radius 1 is 1.43 bits per heavy atom. The summed E-state index contributed by atoms with van der Waals surface area (Å²) < 4.78 is 4.96. The Bertz CT molecular complexity index is 152. The van der Waals surface area contributed by atoms with Crippen LogP contribution in [0.4, 0.5) is 0 Å². The van der Waals surface area contributed by atoms with Crippen LogP contribution < -0.4 is 5.73 Å². The Morgan fingerprint density at radius 2 is 1.86 bits per heavy atom. The smallest absolute Gasteiger partial charge is 0.335 e. The number of esters is 1. The first-order valence-corrected chi connectivity index (χ1v) is 4.85. The molecule has 0 heterocycles. The van der Waals surface area contributed by atoms with E-state index in [1.807, 2.05) is 6.92 Å². The summed E-state index contributed by atoms with van der Waals surface area (Å²) in [6, 6.07) is 0. The van der Waals surface area contributed by atoms with Crippen molar-refractivity contribution in [3.63, 3.8) is 0 Å². The first-order valence-electron chi connectivity index (χ1n) is 4.85. The molecule has 0 aromatic carbocycles. The van der Waals surface area contributed by atoms with Gasteiger partial charge in [0.05, 0.1) is 0 Å². The summed E-state index contributed by atoms with van der Waals surface area (Å²) in [6.45, 7) is 7.25. The van der Waals surface area contributed by atoms with Crippen LogP contribution in [0.25, 0.3) is 0 Å². The van der Waals surface area contributed by atoms with Gasteiger partial charge in [0.25, 0.3) is 0 Å². The number of aliphatic hydroxyl groups excluding tert-OH is 1. The minimum atomic E-state index is -0.964. The van der Waals surface area contributed by atoms with Gasteiger partial charge in [-0.25, -0.2) is 4.79 Å². The maximum Gasteiger partial charge on any atom is 0.335 e. The Balaban J connectivity index is 0. The van der Waals surface area contributed by atoms with Crippen molar-refractivity contribution >= 4 is 5.97 Å². The molecule has 0 saturated heterocycles.